The van der Waals surface area contributed by atoms with E-state index >= 15 is 0 Å². The summed E-state index contributed by atoms with van der Waals surface area (Å²) in [5, 5.41) is 1.05. The average Bonchev–Trinajstić information content (AvgIpc) is 2.74. The normalized spacial score (nSPS) is 15.5. The molecular formula is C14H10FNO4S2. The third-order valence-electron chi connectivity index (χ3n) is 3.13. The Morgan fingerprint density at radius 1 is 1.05 bits per heavy atom. The molecule has 1 N–H and O–H groups in total. The van der Waals surface area contributed by atoms with Crippen LogP contribution in [-0.2, 0) is 19.9 Å². The fourth-order valence-electron chi connectivity index (χ4n) is 2.09. The largest absolute Gasteiger partial charge is 0.279 e. The Kier molecular flexibility index (Phi) is 3.30. The topological polar surface area (TPSA) is 80.3 Å². The maximum atomic E-state index is 13.6. The second-order valence-electron chi connectivity index (χ2n) is 4.64. The van der Waals surface area contributed by atoms with E-state index in [-0.39, 0.29) is 10.6 Å². The highest BCUT2D eigenvalue weighted by Gasteiger charge is 2.23. The van der Waals surface area contributed by atoms with Gasteiger partial charge in [-0.3, -0.25) is 4.72 Å². The van der Waals surface area contributed by atoms with E-state index in [0.29, 0.717) is 5.56 Å². The zero-order chi connectivity index (χ0) is 16.0. The molecule has 114 valence electrons. The zero-order valence-electron chi connectivity index (χ0n) is 11.0. The molecule has 0 saturated heterocycles. The van der Waals surface area contributed by atoms with Gasteiger partial charge in [-0.1, -0.05) is 18.2 Å². The van der Waals surface area contributed by atoms with Crippen LogP contribution in [0.15, 0.2) is 57.7 Å². The highest BCUT2D eigenvalue weighted by molar-refractivity contribution is 7.95. The summed E-state index contributed by atoms with van der Waals surface area (Å²) in [7, 11) is -7.68. The molecule has 0 saturated carbocycles. The van der Waals surface area contributed by atoms with Crippen LogP contribution < -0.4 is 4.72 Å². The molecule has 1 aliphatic heterocycles. The molecule has 0 unspecified atom stereocenters. The van der Waals surface area contributed by atoms with Crippen molar-refractivity contribution in [3.05, 3.63) is 59.3 Å². The predicted molar refractivity (Wildman–Crippen MR) is 79.9 cm³/mol. The number of halogens is 1. The summed E-state index contributed by atoms with van der Waals surface area (Å²) in [6.45, 7) is 0. The number of hydrogen-bond donors (Lipinski definition) is 1. The lowest BCUT2D eigenvalue weighted by atomic mass is 10.2. The van der Waals surface area contributed by atoms with Crippen molar-refractivity contribution in [2.75, 3.05) is 4.72 Å². The van der Waals surface area contributed by atoms with Crippen molar-refractivity contribution in [3.63, 3.8) is 0 Å². The van der Waals surface area contributed by atoms with Gasteiger partial charge in [0, 0.05) is 5.41 Å². The lowest BCUT2D eigenvalue weighted by Gasteiger charge is -2.10. The summed E-state index contributed by atoms with van der Waals surface area (Å²) in [4.78, 5) is -0.488. The van der Waals surface area contributed by atoms with E-state index in [2.05, 4.69) is 4.72 Å². The molecule has 5 nitrogen and oxygen atoms in total. The molecule has 1 aliphatic rings. The van der Waals surface area contributed by atoms with Crippen molar-refractivity contribution >= 4 is 31.6 Å². The number of hydrogen-bond acceptors (Lipinski definition) is 4. The van der Waals surface area contributed by atoms with Gasteiger partial charge in [0.25, 0.3) is 10.0 Å². The highest BCUT2D eigenvalue weighted by Crippen LogP contribution is 2.30. The second-order valence-corrected chi connectivity index (χ2v) is 8.09. The van der Waals surface area contributed by atoms with E-state index in [1.54, 1.807) is 0 Å². The van der Waals surface area contributed by atoms with Crippen LogP contribution in [0.1, 0.15) is 5.56 Å². The van der Waals surface area contributed by atoms with Crippen LogP contribution in [0.5, 0.6) is 0 Å². The second kappa shape index (κ2) is 4.92. The monoisotopic (exact) mass is 339 g/mol. The number of sulfonamides is 1. The first kappa shape index (κ1) is 14.7. The van der Waals surface area contributed by atoms with Crippen molar-refractivity contribution in [1.82, 2.24) is 0 Å². The number of anilines is 1. The van der Waals surface area contributed by atoms with Gasteiger partial charge >= 0.3 is 0 Å². The minimum Gasteiger partial charge on any atom is -0.279 e. The molecule has 22 heavy (non-hydrogen) atoms. The van der Waals surface area contributed by atoms with Gasteiger partial charge in [-0.15, -0.1) is 0 Å². The van der Waals surface area contributed by atoms with Crippen molar-refractivity contribution in [2.45, 2.75) is 9.79 Å². The number of fused-ring (bicyclic) bond motifs is 1. The number of rotatable bonds is 3. The Balaban J connectivity index is 2.00. The quantitative estimate of drug-likeness (QED) is 0.931. The van der Waals surface area contributed by atoms with Crippen molar-refractivity contribution in [3.8, 4) is 0 Å². The van der Waals surface area contributed by atoms with Crippen LogP contribution in [0, 0.1) is 5.82 Å². The molecule has 3 rings (SSSR count). The van der Waals surface area contributed by atoms with Gasteiger partial charge in [0.1, 0.15) is 10.7 Å². The van der Waals surface area contributed by atoms with Crippen molar-refractivity contribution in [2.24, 2.45) is 0 Å². The predicted octanol–water partition coefficient (Wildman–Crippen LogP) is 2.38. The molecule has 0 atom stereocenters. The maximum Gasteiger partial charge on any atom is 0.264 e. The Bertz CT molecular complexity index is 995. The van der Waals surface area contributed by atoms with E-state index in [9.17, 15) is 21.2 Å². The van der Waals surface area contributed by atoms with E-state index in [0.717, 1.165) is 17.5 Å². The molecule has 1 heterocycles. The lowest BCUT2D eigenvalue weighted by Crippen LogP contribution is -2.14. The summed E-state index contributed by atoms with van der Waals surface area (Å²) in [5.41, 5.74) is 0.531. The summed E-state index contributed by atoms with van der Waals surface area (Å²) < 4.78 is 63.7. The first-order valence-corrected chi connectivity index (χ1v) is 9.17. The fraction of sp³-hybridized carbons (Fsp3) is 0. The van der Waals surface area contributed by atoms with Gasteiger partial charge in [-0.2, -0.15) is 0 Å². The maximum absolute atomic E-state index is 13.6. The molecule has 2 aromatic rings. The number of sulfone groups is 1. The standard InChI is InChI=1S/C14H10FNO4S2/c15-12-3-1-2-4-13(12)22(19,20)16-11-6-5-10-7-8-21(17,18)14(10)9-11/h1-9,16H. The van der Waals surface area contributed by atoms with Crippen LogP contribution in [0.3, 0.4) is 0 Å². The SMILES string of the molecule is O=S1(=O)C=Cc2ccc(NS(=O)(=O)c3ccccc3F)cc21. The molecule has 0 aliphatic carbocycles. The van der Waals surface area contributed by atoms with Gasteiger partial charge < -0.3 is 0 Å². The van der Waals surface area contributed by atoms with Crippen LogP contribution in [0.4, 0.5) is 10.1 Å². The summed E-state index contributed by atoms with van der Waals surface area (Å²) >= 11 is 0. The van der Waals surface area contributed by atoms with E-state index in [4.69, 9.17) is 0 Å². The lowest BCUT2D eigenvalue weighted by molar-refractivity contribution is 0.570. The molecule has 0 radical (unpaired) electrons. The Hall–Kier alpha value is -2.19. The molecule has 0 spiro atoms. The first-order chi connectivity index (χ1) is 10.3. The van der Waals surface area contributed by atoms with Gasteiger partial charge in [-0.05, 0) is 35.9 Å². The average molecular weight is 339 g/mol. The third kappa shape index (κ3) is 2.51. The van der Waals surface area contributed by atoms with Gasteiger partial charge in [0.2, 0.25) is 9.84 Å². The van der Waals surface area contributed by atoms with E-state index < -0.39 is 30.6 Å². The van der Waals surface area contributed by atoms with Gasteiger partial charge in [0.15, 0.2) is 0 Å². The number of benzene rings is 2. The van der Waals surface area contributed by atoms with Crippen LogP contribution >= 0.6 is 0 Å². The van der Waals surface area contributed by atoms with Crippen LogP contribution in [-0.4, -0.2) is 16.8 Å². The zero-order valence-corrected chi connectivity index (χ0v) is 12.7. The molecular weight excluding hydrogens is 329 g/mol. The minimum absolute atomic E-state index is 0.0150. The molecule has 2 aromatic carbocycles. The van der Waals surface area contributed by atoms with Gasteiger partial charge in [0.05, 0.1) is 10.6 Å². The molecule has 0 amide bonds. The third-order valence-corrected chi connectivity index (χ3v) is 6.00. The summed E-state index contributed by atoms with van der Waals surface area (Å²) in [5.74, 6) is -0.884. The smallest absolute Gasteiger partial charge is 0.264 e. The van der Waals surface area contributed by atoms with E-state index in [1.807, 2.05) is 0 Å². The van der Waals surface area contributed by atoms with Gasteiger partial charge in [-0.25, -0.2) is 21.2 Å². The van der Waals surface area contributed by atoms with Crippen LogP contribution in [0.25, 0.3) is 6.08 Å². The molecule has 0 aromatic heterocycles. The molecule has 8 heteroatoms. The van der Waals surface area contributed by atoms with Crippen molar-refractivity contribution in [1.29, 1.82) is 0 Å². The Morgan fingerprint density at radius 3 is 2.50 bits per heavy atom. The molecule has 0 bridgehead atoms. The fourth-order valence-corrected chi connectivity index (χ4v) is 4.45. The Labute approximate surface area is 127 Å². The summed E-state index contributed by atoms with van der Waals surface area (Å²) in [6, 6.07) is 9.05. The molecule has 0 fully saturated rings. The summed E-state index contributed by atoms with van der Waals surface area (Å²) in [6.07, 6.45) is 1.43. The highest BCUT2D eigenvalue weighted by atomic mass is 32.2. The van der Waals surface area contributed by atoms with Crippen LogP contribution in [0.2, 0.25) is 0 Å². The van der Waals surface area contributed by atoms with Crippen molar-refractivity contribution < 1.29 is 21.2 Å². The van der Waals surface area contributed by atoms with E-state index in [1.165, 1.54) is 36.4 Å². The minimum atomic E-state index is -4.14. The Morgan fingerprint density at radius 2 is 1.77 bits per heavy atom. The number of nitrogens with one attached hydrogen (secondary N) is 1. The first-order valence-electron chi connectivity index (χ1n) is 6.14.